The zero-order valence-electron chi connectivity index (χ0n) is 11.4. The molecule has 0 aliphatic heterocycles. The van der Waals surface area contributed by atoms with Crippen LogP contribution in [-0.4, -0.2) is 11.9 Å². The zero-order valence-corrected chi connectivity index (χ0v) is 13.7. The minimum atomic E-state index is -0.229. The summed E-state index contributed by atoms with van der Waals surface area (Å²) in [6.07, 6.45) is 0. The van der Waals surface area contributed by atoms with E-state index in [0.717, 1.165) is 20.6 Å². The normalized spacial score (nSPS) is 12.7. The third-order valence-corrected chi connectivity index (χ3v) is 4.17. The summed E-state index contributed by atoms with van der Waals surface area (Å²) in [4.78, 5) is 2.14. The van der Waals surface area contributed by atoms with Gasteiger partial charge in [0.2, 0.25) is 0 Å². The molecule has 0 fully saturated rings. The van der Waals surface area contributed by atoms with Gasteiger partial charge in [-0.15, -0.1) is 0 Å². The molecule has 0 spiro atoms. The average molecular weight is 357 g/mol. The predicted molar refractivity (Wildman–Crippen MR) is 85.4 cm³/mol. The molecule has 1 atom stereocenters. The number of hydrogen-bond acceptors (Lipinski definition) is 1. The second kappa shape index (κ2) is 6.70. The highest BCUT2D eigenvalue weighted by Crippen LogP contribution is 2.27. The zero-order chi connectivity index (χ0) is 14.7. The Kier molecular flexibility index (Phi) is 5.19. The minimum Gasteiger partial charge on any atom is -0.295 e. The fourth-order valence-corrected chi connectivity index (χ4v) is 2.98. The molecule has 0 saturated heterocycles. The van der Waals surface area contributed by atoms with Gasteiger partial charge in [0.05, 0.1) is 0 Å². The van der Waals surface area contributed by atoms with Gasteiger partial charge in [0.1, 0.15) is 5.82 Å². The molecule has 2 rings (SSSR count). The summed E-state index contributed by atoms with van der Waals surface area (Å²) < 4.78 is 14.2. The standard InChI is InChI=1S/C16H16BrClFN/c1-11(15-5-3-4-6-16(15)18)20(2)10-12-7-13(17)9-14(19)8-12/h3-9,11H,10H2,1-2H3. The van der Waals surface area contributed by atoms with Gasteiger partial charge >= 0.3 is 0 Å². The molecule has 1 nitrogen and oxygen atoms in total. The van der Waals surface area contributed by atoms with Crippen molar-refractivity contribution in [1.29, 1.82) is 0 Å². The van der Waals surface area contributed by atoms with Crippen molar-refractivity contribution in [1.82, 2.24) is 4.90 Å². The SMILES string of the molecule is CC(c1ccccc1Cl)N(C)Cc1cc(F)cc(Br)c1. The van der Waals surface area contributed by atoms with Crippen molar-refractivity contribution >= 4 is 27.5 Å². The van der Waals surface area contributed by atoms with Gasteiger partial charge in [-0.3, -0.25) is 4.90 Å². The molecule has 0 aliphatic rings. The molecule has 106 valence electrons. The largest absolute Gasteiger partial charge is 0.295 e. The van der Waals surface area contributed by atoms with Crippen LogP contribution in [0.15, 0.2) is 46.9 Å². The molecule has 2 aromatic carbocycles. The second-order valence-electron chi connectivity index (χ2n) is 4.89. The fourth-order valence-electron chi connectivity index (χ4n) is 2.18. The highest BCUT2D eigenvalue weighted by molar-refractivity contribution is 9.10. The average Bonchev–Trinajstić information content (AvgIpc) is 2.37. The fraction of sp³-hybridized carbons (Fsp3) is 0.250. The maximum atomic E-state index is 13.4. The summed E-state index contributed by atoms with van der Waals surface area (Å²) in [7, 11) is 2.01. The van der Waals surface area contributed by atoms with Crippen LogP contribution in [-0.2, 0) is 6.54 Å². The molecule has 4 heteroatoms. The van der Waals surface area contributed by atoms with Crippen molar-refractivity contribution in [2.75, 3.05) is 7.05 Å². The topological polar surface area (TPSA) is 3.24 Å². The van der Waals surface area contributed by atoms with Gasteiger partial charge in [0, 0.05) is 22.1 Å². The summed E-state index contributed by atoms with van der Waals surface area (Å²) in [6.45, 7) is 2.75. The number of hydrogen-bond donors (Lipinski definition) is 0. The Balaban J connectivity index is 2.15. The van der Waals surface area contributed by atoms with Crippen LogP contribution < -0.4 is 0 Å². The van der Waals surface area contributed by atoms with E-state index in [1.807, 2.05) is 37.4 Å². The third-order valence-electron chi connectivity index (χ3n) is 3.37. The van der Waals surface area contributed by atoms with Crippen LogP contribution in [0, 0.1) is 5.82 Å². The van der Waals surface area contributed by atoms with E-state index in [0.29, 0.717) is 6.54 Å². The van der Waals surface area contributed by atoms with Crippen molar-refractivity contribution in [2.45, 2.75) is 19.5 Å². The van der Waals surface area contributed by atoms with Crippen LogP contribution in [0.1, 0.15) is 24.1 Å². The van der Waals surface area contributed by atoms with Gasteiger partial charge in [0.15, 0.2) is 0 Å². The summed E-state index contributed by atoms with van der Waals surface area (Å²) in [6, 6.07) is 12.9. The molecule has 1 unspecified atom stereocenters. The van der Waals surface area contributed by atoms with Crippen LogP contribution in [0.2, 0.25) is 5.02 Å². The molecule has 0 amide bonds. The van der Waals surface area contributed by atoms with Gasteiger partial charge in [-0.1, -0.05) is 45.7 Å². The molecular formula is C16H16BrClFN. The molecule has 2 aromatic rings. The van der Waals surface area contributed by atoms with Crippen molar-refractivity contribution in [2.24, 2.45) is 0 Å². The molecule has 0 heterocycles. The van der Waals surface area contributed by atoms with Crippen LogP contribution in [0.4, 0.5) is 4.39 Å². The van der Waals surface area contributed by atoms with Crippen LogP contribution in [0.5, 0.6) is 0 Å². The van der Waals surface area contributed by atoms with Crippen molar-refractivity contribution in [3.8, 4) is 0 Å². The second-order valence-corrected chi connectivity index (χ2v) is 6.21. The van der Waals surface area contributed by atoms with E-state index in [1.165, 1.54) is 6.07 Å². The number of rotatable bonds is 4. The number of halogens is 3. The van der Waals surface area contributed by atoms with Crippen molar-refractivity contribution in [3.05, 3.63) is 68.9 Å². The number of nitrogens with zero attached hydrogens (tertiary/aromatic N) is 1. The molecule has 0 bridgehead atoms. The van der Waals surface area contributed by atoms with E-state index in [-0.39, 0.29) is 11.9 Å². The highest BCUT2D eigenvalue weighted by atomic mass is 79.9. The Morgan fingerprint density at radius 1 is 1.25 bits per heavy atom. The lowest BCUT2D eigenvalue weighted by Gasteiger charge is -2.26. The maximum Gasteiger partial charge on any atom is 0.124 e. The molecule has 20 heavy (non-hydrogen) atoms. The molecule has 0 N–H and O–H groups in total. The predicted octanol–water partition coefficient (Wildman–Crippen LogP) is 5.43. The lowest BCUT2D eigenvalue weighted by atomic mass is 10.1. The lowest BCUT2D eigenvalue weighted by molar-refractivity contribution is 0.253. The summed E-state index contributed by atoms with van der Waals surface area (Å²) >= 11 is 9.54. The molecule has 0 aromatic heterocycles. The Morgan fingerprint density at radius 2 is 1.95 bits per heavy atom. The van der Waals surface area contributed by atoms with Gasteiger partial charge in [-0.25, -0.2) is 4.39 Å². The molecule has 0 radical (unpaired) electrons. The first-order valence-corrected chi connectivity index (χ1v) is 7.54. The Morgan fingerprint density at radius 3 is 2.60 bits per heavy atom. The summed E-state index contributed by atoms with van der Waals surface area (Å²) in [5, 5.41) is 0.757. The molecule has 0 aliphatic carbocycles. The maximum absolute atomic E-state index is 13.4. The summed E-state index contributed by atoms with van der Waals surface area (Å²) in [5.74, 6) is -0.229. The van der Waals surface area contributed by atoms with Crippen molar-refractivity contribution < 1.29 is 4.39 Å². The van der Waals surface area contributed by atoms with Crippen molar-refractivity contribution in [3.63, 3.8) is 0 Å². The Bertz CT molecular complexity index is 583. The monoisotopic (exact) mass is 355 g/mol. The van der Waals surface area contributed by atoms with E-state index < -0.39 is 0 Å². The lowest BCUT2D eigenvalue weighted by Crippen LogP contribution is -2.22. The third kappa shape index (κ3) is 3.81. The summed E-state index contributed by atoms with van der Waals surface area (Å²) in [5.41, 5.74) is 2.01. The quantitative estimate of drug-likeness (QED) is 0.705. The Labute approximate surface area is 132 Å². The van der Waals surface area contributed by atoms with E-state index in [4.69, 9.17) is 11.6 Å². The van der Waals surface area contributed by atoms with E-state index in [1.54, 1.807) is 6.07 Å². The van der Waals surface area contributed by atoms with Gasteiger partial charge in [0.25, 0.3) is 0 Å². The minimum absolute atomic E-state index is 0.158. The Hall–Kier alpha value is -0.900. The van der Waals surface area contributed by atoms with Crippen LogP contribution in [0.25, 0.3) is 0 Å². The molecular weight excluding hydrogens is 341 g/mol. The van der Waals surface area contributed by atoms with E-state index in [2.05, 4.69) is 27.8 Å². The smallest absolute Gasteiger partial charge is 0.124 e. The van der Waals surface area contributed by atoms with Crippen LogP contribution >= 0.6 is 27.5 Å². The first-order chi connectivity index (χ1) is 9.47. The van der Waals surface area contributed by atoms with E-state index in [9.17, 15) is 4.39 Å². The van der Waals surface area contributed by atoms with E-state index >= 15 is 0 Å². The highest BCUT2D eigenvalue weighted by Gasteiger charge is 2.15. The van der Waals surface area contributed by atoms with Crippen LogP contribution in [0.3, 0.4) is 0 Å². The number of benzene rings is 2. The first-order valence-electron chi connectivity index (χ1n) is 6.37. The molecule has 0 saturated carbocycles. The van der Waals surface area contributed by atoms with Gasteiger partial charge < -0.3 is 0 Å². The van der Waals surface area contributed by atoms with Gasteiger partial charge in [-0.05, 0) is 49.4 Å². The van der Waals surface area contributed by atoms with Gasteiger partial charge in [-0.2, -0.15) is 0 Å². The first kappa shape index (κ1) is 15.5.